The van der Waals surface area contributed by atoms with E-state index in [4.69, 9.17) is 25.8 Å². The molecular weight excluding hydrogens is 402 g/mol. The molecule has 0 saturated heterocycles. The summed E-state index contributed by atoms with van der Waals surface area (Å²) in [6, 6.07) is 11.0. The van der Waals surface area contributed by atoms with E-state index in [2.05, 4.69) is 5.32 Å². The summed E-state index contributed by atoms with van der Waals surface area (Å²) < 4.78 is 15.8. The summed E-state index contributed by atoms with van der Waals surface area (Å²) in [5.74, 6) is 0.969. The van der Waals surface area contributed by atoms with E-state index in [9.17, 15) is 9.59 Å². The molecule has 0 bridgehead atoms. The van der Waals surface area contributed by atoms with E-state index in [1.165, 1.54) is 18.7 Å². The number of esters is 1. The minimum absolute atomic E-state index is 0.190. The Morgan fingerprint density at radius 2 is 1.89 bits per heavy atom. The van der Waals surface area contributed by atoms with Gasteiger partial charge in [-0.05, 0) is 37.6 Å². The fourth-order valence-electron chi connectivity index (χ4n) is 2.60. The number of nitrogens with one attached hydrogen (secondary N) is 1. The van der Waals surface area contributed by atoms with Crippen molar-refractivity contribution >= 4 is 40.9 Å². The molecule has 0 fully saturated rings. The number of carbonyl (C=O) groups is 2. The number of ether oxygens (including phenoxy) is 3. The van der Waals surface area contributed by atoms with E-state index < -0.39 is 17.5 Å². The number of amides is 1. The van der Waals surface area contributed by atoms with Gasteiger partial charge in [-0.2, -0.15) is 0 Å². The number of carbonyl (C=O) groups excluding carboxylic acids is 2. The van der Waals surface area contributed by atoms with Crippen LogP contribution in [0.2, 0.25) is 5.02 Å². The fourth-order valence-corrected chi connectivity index (χ4v) is 3.90. The molecule has 2 aromatic rings. The summed E-state index contributed by atoms with van der Waals surface area (Å²) in [4.78, 5) is 24.6. The van der Waals surface area contributed by atoms with Crippen LogP contribution in [0.25, 0.3) is 0 Å². The average Bonchev–Trinajstić information content (AvgIpc) is 3.06. The minimum atomic E-state index is -1.27. The van der Waals surface area contributed by atoms with Gasteiger partial charge >= 0.3 is 5.97 Å². The molecule has 1 aliphatic heterocycles. The second-order valence-corrected chi connectivity index (χ2v) is 8.06. The van der Waals surface area contributed by atoms with Crippen LogP contribution in [0.4, 0.5) is 5.69 Å². The molecule has 1 heterocycles. The molecule has 0 unspecified atom stereocenters. The molecule has 2 aromatic carbocycles. The number of thioether (sulfide) groups is 1. The highest BCUT2D eigenvalue weighted by molar-refractivity contribution is 7.98. The van der Waals surface area contributed by atoms with Crippen molar-refractivity contribution in [3.8, 4) is 11.5 Å². The molecule has 6 nitrogen and oxygen atoms in total. The predicted molar refractivity (Wildman–Crippen MR) is 108 cm³/mol. The molecule has 3 rings (SSSR count). The van der Waals surface area contributed by atoms with Crippen molar-refractivity contribution in [1.29, 1.82) is 0 Å². The van der Waals surface area contributed by atoms with Crippen molar-refractivity contribution in [1.82, 2.24) is 0 Å². The van der Waals surface area contributed by atoms with Crippen LogP contribution in [0.1, 0.15) is 26.3 Å². The molecular formula is C20H20ClNO5S. The van der Waals surface area contributed by atoms with Gasteiger partial charge in [0.05, 0.1) is 5.69 Å². The van der Waals surface area contributed by atoms with Gasteiger partial charge in [-0.1, -0.05) is 23.7 Å². The predicted octanol–water partition coefficient (Wildman–Crippen LogP) is 4.64. The SMILES string of the molecule is CC(=O)OC(C)(C)C(=O)Nc1ccccc1SCc1cc2c(cc1Cl)OCO2. The van der Waals surface area contributed by atoms with E-state index in [0.717, 1.165) is 10.5 Å². The Hall–Kier alpha value is -2.38. The summed E-state index contributed by atoms with van der Waals surface area (Å²) >= 11 is 7.86. The van der Waals surface area contributed by atoms with Crippen molar-refractivity contribution in [3.05, 3.63) is 47.0 Å². The van der Waals surface area contributed by atoms with E-state index in [-0.39, 0.29) is 6.79 Å². The van der Waals surface area contributed by atoms with Crippen molar-refractivity contribution in [2.75, 3.05) is 12.1 Å². The molecule has 0 spiro atoms. The number of fused-ring (bicyclic) bond motifs is 1. The summed E-state index contributed by atoms with van der Waals surface area (Å²) in [6.45, 7) is 4.56. The zero-order chi connectivity index (χ0) is 20.3. The van der Waals surface area contributed by atoms with E-state index in [0.29, 0.717) is 28.0 Å². The summed E-state index contributed by atoms with van der Waals surface area (Å²) in [5.41, 5.74) is 0.261. The van der Waals surface area contributed by atoms with Gasteiger partial charge in [0.15, 0.2) is 17.1 Å². The number of hydrogen-bond acceptors (Lipinski definition) is 6. The molecule has 1 aliphatic rings. The van der Waals surface area contributed by atoms with Gasteiger partial charge in [-0.15, -0.1) is 11.8 Å². The Bertz CT molecular complexity index is 915. The molecule has 28 heavy (non-hydrogen) atoms. The molecule has 0 aromatic heterocycles. The lowest BCUT2D eigenvalue weighted by atomic mass is 10.1. The second-order valence-electron chi connectivity index (χ2n) is 6.64. The van der Waals surface area contributed by atoms with Crippen LogP contribution >= 0.6 is 23.4 Å². The first-order chi connectivity index (χ1) is 13.3. The van der Waals surface area contributed by atoms with Crippen molar-refractivity contribution in [2.45, 2.75) is 37.0 Å². The molecule has 1 amide bonds. The summed E-state index contributed by atoms with van der Waals surface area (Å²) in [5, 5.41) is 3.43. The number of para-hydroxylation sites is 1. The van der Waals surface area contributed by atoms with Gasteiger partial charge in [0.2, 0.25) is 6.79 Å². The van der Waals surface area contributed by atoms with Crippen molar-refractivity contribution in [2.24, 2.45) is 0 Å². The van der Waals surface area contributed by atoms with E-state index >= 15 is 0 Å². The molecule has 0 radical (unpaired) electrons. The third-order valence-electron chi connectivity index (χ3n) is 4.01. The molecule has 0 aliphatic carbocycles. The van der Waals surface area contributed by atoms with Gasteiger partial charge in [-0.25, -0.2) is 0 Å². The van der Waals surface area contributed by atoms with Crippen molar-refractivity contribution in [3.63, 3.8) is 0 Å². The van der Waals surface area contributed by atoms with Gasteiger partial charge < -0.3 is 19.5 Å². The monoisotopic (exact) mass is 421 g/mol. The van der Waals surface area contributed by atoms with Crippen LogP contribution in [0, 0.1) is 0 Å². The quantitative estimate of drug-likeness (QED) is 0.541. The maximum atomic E-state index is 12.5. The summed E-state index contributed by atoms with van der Waals surface area (Å²) in [6.07, 6.45) is 0. The highest BCUT2D eigenvalue weighted by Crippen LogP contribution is 2.39. The molecule has 148 valence electrons. The third kappa shape index (κ3) is 4.72. The standard InChI is InChI=1S/C20H20ClNO5S/c1-12(23)27-20(2,3)19(24)22-15-6-4-5-7-18(15)28-10-13-8-16-17(9-14(13)21)26-11-25-16/h4-9H,10-11H2,1-3H3,(H,22,24). The van der Waals surface area contributed by atoms with Crippen LogP contribution in [-0.4, -0.2) is 24.3 Å². The first kappa shape index (κ1) is 20.4. The number of rotatable bonds is 6. The highest BCUT2D eigenvalue weighted by atomic mass is 35.5. The van der Waals surface area contributed by atoms with E-state index in [1.54, 1.807) is 26.0 Å². The first-order valence-electron chi connectivity index (χ1n) is 8.57. The van der Waals surface area contributed by atoms with Crippen LogP contribution in [0.5, 0.6) is 11.5 Å². The smallest absolute Gasteiger partial charge is 0.303 e. The number of benzene rings is 2. The normalized spacial score (nSPS) is 12.6. The Kier molecular flexibility index (Phi) is 6.05. The fraction of sp³-hybridized carbons (Fsp3) is 0.300. The molecule has 0 atom stereocenters. The average molecular weight is 422 g/mol. The van der Waals surface area contributed by atoms with E-state index in [1.807, 2.05) is 24.3 Å². The Balaban J connectivity index is 1.73. The Labute approximate surface area is 172 Å². The number of hydrogen-bond donors (Lipinski definition) is 1. The lowest BCUT2D eigenvalue weighted by Crippen LogP contribution is -2.41. The second kappa shape index (κ2) is 8.32. The van der Waals surface area contributed by atoms with Crippen LogP contribution in [-0.2, 0) is 20.1 Å². The molecule has 0 saturated carbocycles. The lowest BCUT2D eigenvalue weighted by Gasteiger charge is -2.23. The van der Waals surface area contributed by atoms with Crippen molar-refractivity contribution < 1.29 is 23.8 Å². The Morgan fingerprint density at radius 1 is 1.21 bits per heavy atom. The first-order valence-corrected chi connectivity index (χ1v) is 9.93. The topological polar surface area (TPSA) is 73.9 Å². The lowest BCUT2D eigenvalue weighted by molar-refractivity contribution is -0.160. The molecule has 8 heteroatoms. The van der Waals surface area contributed by atoms with Gasteiger partial charge in [0, 0.05) is 28.7 Å². The maximum Gasteiger partial charge on any atom is 0.303 e. The van der Waals surface area contributed by atoms with Gasteiger partial charge in [0.25, 0.3) is 5.91 Å². The molecule has 1 N–H and O–H groups in total. The van der Waals surface area contributed by atoms with Crippen LogP contribution in [0.15, 0.2) is 41.3 Å². The number of anilines is 1. The highest BCUT2D eigenvalue weighted by Gasteiger charge is 2.31. The summed E-state index contributed by atoms with van der Waals surface area (Å²) in [7, 11) is 0. The van der Waals surface area contributed by atoms with Crippen LogP contribution in [0.3, 0.4) is 0 Å². The van der Waals surface area contributed by atoms with Crippen LogP contribution < -0.4 is 14.8 Å². The zero-order valence-electron chi connectivity index (χ0n) is 15.7. The third-order valence-corrected chi connectivity index (χ3v) is 5.48. The minimum Gasteiger partial charge on any atom is -0.454 e. The number of halogens is 1. The van der Waals surface area contributed by atoms with Gasteiger partial charge in [0.1, 0.15) is 0 Å². The zero-order valence-corrected chi connectivity index (χ0v) is 17.3. The maximum absolute atomic E-state index is 12.5. The van der Waals surface area contributed by atoms with Gasteiger partial charge in [-0.3, -0.25) is 9.59 Å². The Morgan fingerprint density at radius 3 is 2.61 bits per heavy atom. The largest absolute Gasteiger partial charge is 0.454 e.